The Hall–Kier alpha value is -0.410. The number of hydrogen-bond acceptors (Lipinski definition) is 1. The summed E-state index contributed by atoms with van der Waals surface area (Å²) in [5, 5.41) is 0. The molecule has 0 saturated carbocycles. The highest BCUT2D eigenvalue weighted by Gasteiger charge is 2.14. The van der Waals surface area contributed by atoms with Crippen molar-refractivity contribution < 1.29 is 4.39 Å². The Balaban J connectivity index is 2.76. The average Bonchev–Trinajstić information content (AvgIpc) is 2.23. The van der Waals surface area contributed by atoms with Gasteiger partial charge in [-0.3, -0.25) is 0 Å². The number of halogens is 2. The molecular weight excluding hydrogens is 257 g/mol. The van der Waals surface area contributed by atoms with Gasteiger partial charge in [0.25, 0.3) is 0 Å². The molecule has 0 aliphatic carbocycles. The van der Waals surface area contributed by atoms with Crippen molar-refractivity contribution in [3.8, 4) is 0 Å². The Morgan fingerprint density at radius 1 is 1.33 bits per heavy atom. The fourth-order valence-electron chi connectivity index (χ4n) is 1.49. The van der Waals surface area contributed by atoms with E-state index in [0.717, 1.165) is 12.0 Å². The van der Waals surface area contributed by atoms with Gasteiger partial charge in [0.2, 0.25) is 0 Å². The molecule has 0 radical (unpaired) electrons. The van der Waals surface area contributed by atoms with Gasteiger partial charge >= 0.3 is 0 Å². The van der Waals surface area contributed by atoms with E-state index in [9.17, 15) is 4.39 Å². The van der Waals surface area contributed by atoms with Crippen LogP contribution in [0.5, 0.6) is 0 Å². The van der Waals surface area contributed by atoms with Crippen LogP contribution in [0.1, 0.15) is 19.4 Å². The Morgan fingerprint density at radius 2 is 2.00 bits per heavy atom. The zero-order chi connectivity index (χ0) is 11.4. The van der Waals surface area contributed by atoms with Crippen molar-refractivity contribution in [2.75, 3.05) is 6.54 Å². The third-order valence-corrected chi connectivity index (χ3v) is 3.80. The summed E-state index contributed by atoms with van der Waals surface area (Å²) in [6.07, 6.45) is 0.858. The molecule has 0 bridgehead atoms. The van der Waals surface area contributed by atoms with Crippen LogP contribution < -0.4 is 5.73 Å². The zero-order valence-corrected chi connectivity index (χ0v) is 10.7. The lowest BCUT2D eigenvalue weighted by molar-refractivity contribution is 0.393. The summed E-state index contributed by atoms with van der Waals surface area (Å²) in [5.41, 5.74) is 6.63. The first-order valence-corrected chi connectivity index (χ1v) is 5.98. The highest BCUT2D eigenvalue weighted by atomic mass is 79.9. The summed E-state index contributed by atoms with van der Waals surface area (Å²) in [6, 6.07) is 5.16. The molecule has 0 heterocycles. The molecule has 2 N–H and O–H groups in total. The maximum Gasteiger partial charge on any atom is 0.137 e. The van der Waals surface area contributed by atoms with Gasteiger partial charge in [0.1, 0.15) is 5.82 Å². The molecule has 1 aromatic rings. The fraction of sp³-hybridized carbons (Fsp3) is 0.500. The van der Waals surface area contributed by atoms with Crippen LogP contribution in [-0.2, 0) is 6.42 Å². The average molecular weight is 274 g/mol. The molecule has 0 aliphatic rings. The standard InChI is InChI=1S/C12H17BrFN/c1-8(9(2)7-15)6-10-4-3-5-11(14)12(10)13/h3-5,8-9H,6-7,15H2,1-2H3. The van der Waals surface area contributed by atoms with Gasteiger partial charge < -0.3 is 5.73 Å². The summed E-state index contributed by atoms with van der Waals surface area (Å²) in [7, 11) is 0. The third kappa shape index (κ3) is 3.28. The normalized spacial score (nSPS) is 15.0. The lowest BCUT2D eigenvalue weighted by Gasteiger charge is -2.18. The summed E-state index contributed by atoms with van der Waals surface area (Å²) >= 11 is 3.27. The van der Waals surface area contributed by atoms with E-state index in [0.29, 0.717) is 22.9 Å². The molecule has 0 amide bonds. The van der Waals surface area contributed by atoms with Crippen molar-refractivity contribution in [3.63, 3.8) is 0 Å². The summed E-state index contributed by atoms with van der Waals surface area (Å²) in [6.45, 7) is 4.95. The van der Waals surface area contributed by atoms with E-state index in [1.54, 1.807) is 6.07 Å². The minimum atomic E-state index is -0.194. The predicted octanol–water partition coefficient (Wildman–Crippen LogP) is 3.36. The molecule has 0 spiro atoms. The highest BCUT2D eigenvalue weighted by Crippen LogP contribution is 2.25. The fourth-order valence-corrected chi connectivity index (χ4v) is 1.91. The van der Waals surface area contributed by atoms with Gasteiger partial charge in [-0.2, -0.15) is 0 Å². The summed E-state index contributed by atoms with van der Waals surface area (Å²) in [5.74, 6) is 0.730. The van der Waals surface area contributed by atoms with Gasteiger partial charge in [-0.05, 0) is 52.4 Å². The molecule has 15 heavy (non-hydrogen) atoms. The Labute approximate surface area is 99.0 Å². The van der Waals surface area contributed by atoms with Crippen LogP contribution in [0.15, 0.2) is 22.7 Å². The maximum absolute atomic E-state index is 13.2. The second kappa shape index (κ2) is 5.61. The van der Waals surface area contributed by atoms with Crippen LogP contribution in [0.4, 0.5) is 4.39 Å². The van der Waals surface area contributed by atoms with Crippen molar-refractivity contribution in [2.45, 2.75) is 20.3 Å². The molecule has 1 rings (SSSR count). The van der Waals surface area contributed by atoms with E-state index >= 15 is 0 Å². The molecule has 2 atom stereocenters. The molecule has 1 nitrogen and oxygen atoms in total. The van der Waals surface area contributed by atoms with Crippen LogP contribution in [-0.4, -0.2) is 6.54 Å². The number of hydrogen-bond donors (Lipinski definition) is 1. The topological polar surface area (TPSA) is 26.0 Å². The van der Waals surface area contributed by atoms with Gasteiger partial charge in [0.15, 0.2) is 0 Å². The van der Waals surface area contributed by atoms with E-state index in [2.05, 4.69) is 29.8 Å². The first kappa shape index (κ1) is 12.7. The van der Waals surface area contributed by atoms with E-state index < -0.39 is 0 Å². The Morgan fingerprint density at radius 3 is 2.60 bits per heavy atom. The van der Waals surface area contributed by atoms with Gasteiger partial charge in [0.05, 0.1) is 4.47 Å². The van der Waals surface area contributed by atoms with Crippen LogP contribution in [0.25, 0.3) is 0 Å². The molecule has 0 fully saturated rings. The van der Waals surface area contributed by atoms with E-state index in [4.69, 9.17) is 5.73 Å². The smallest absolute Gasteiger partial charge is 0.137 e. The molecule has 3 heteroatoms. The van der Waals surface area contributed by atoms with Crippen LogP contribution in [0.3, 0.4) is 0 Å². The minimum Gasteiger partial charge on any atom is -0.330 e. The van der Waals surface area contributed by atoms with Gasteiger partial charge in [-0.25, -0.2) is 4.39 Å². The molecule has 84 valence electrons. The van der Waals surface area contributed by atoms with E-state index in [-0.39, 0.29) is 5.82 Å². The van der Waals surface area contributed by atoms with E-state index in [1.807, 2.05) is 6.07 Å². The quantitative estimate of drug-likeness (QED) is 0.895. The summed E-state index contributed by atoms with van der Waals surface area (Å²) < 4.78 is 13.8. The van der Waals surface area contributed by atoms with E-state index in [1.165, 1.54) is 6.07 Å². The largest absolute Gasteiger partial charge is 0.330 e. The van der Waals surface area contributed by atoms with Crippen LogP contribution in [0.2, 0.25) is 0 Å². The molecule has 1 aromatic carbocycles. The molecule has 0 aliphatic heterocycles. The molecule has 2 unspecified atom stereocenters. The van der Waals surface area contributed by atoms with Gasteiger partial charge in [-0.1, -0.05) is 26.0 Å². The number of rotatable bonds is 4. The van der Waals surface area contributed by atoms with Crippen LogP contribution >= 0.6 is 15.9 Å². The van der Waals surface area contributed by atoms with Crippen LogP contribution in [0, 0.1) is 17.7 Å². The zero-order valence-electron chi connectivity index (χ0n) is 9.13. The molecule has 0 aromatic heterocycles. The first-order chi connectivity index (χ1) is 7.06. The monoisotopic (exact) mass is 273 g/mol. The predicted molar refractivity (Wildman–Crippen MR) is 65.2 cm³/mol. The van der Waals surface area contributed by atoms with Crippen molar-refractivity contribution in [2.24, 2.45) is 17.6 Å². The Kier molecular flexibility index (Phi) is 4.74. The highest BCUT2D eigenvalue weighted by molar-refractivity contribution is 9.10. The van der Waals surface area contributed by atoms with Crippen molar-refractivity contribution >= 4 is 15.9 Å². The van der Waals surface area contributed by atoms with Crippen molar-refractivity contribution in [1.82, 2.24) is 0 Å². The third-order valence-electron chi connectivity index (χ3n) is 2.92. The second-order valence-corrected chi connectivity index (χ2v) is 4.90. The molecular formula is C12H17BrFN. The maximum atomic E-state index is 13.2. The first-order valence-electron chi connectivity index (χ1n) is 5.19. The number of benzene rings is 1. The molecule has 0 saturated heterocycles. The van der Waals surface area contributed by atoms with Crippen molar-refractivity contribution in [1.29, 1.82) is 0 Å². The lowest BCUT2D eigenvalue weighted by Crippen LogP contribution is -2.20. The van der Waals surface area contributed by atoms with Gasteiger partial charge in [-0.15, -0.1) is 0 Å². The van der Waals surface area contributed by atoms with Crippen molar-refractivity contribution in [3.05, 3.63) is 34.1 Å². The second-order valence-electron chi connectivity index (χ2n) is 4.11. The Bertz CT molecular complexity index is 327. The lowest BCUT2D eigenvalue weighted by atomic mass is 9.90. The SMILES string of the molecule is CC(CN)C(C)Cc1cccc(F)c1Br. The summed E-state index contributed by atoms with van der Waals surface area (Å²) in [4.78, 5) is 0. The van der Waals surface area contributed by atoms with Gasteiger partial charge in [0, 0.05) is 0 Å². The number of nitrogens with two attached hydrogens (primary N) is 1. The minimum absolute atomic E-state index is 0.194.